The highest BCUT2D eigenvalue weighted by Crippen LogP contribution is 2.15. The summed E-state index contributed by atoms with van der Waals surface area (Å²) >= 11 is 0. The number of aromatic nitrogens is 2. The summed E-state index contributed by atoms with van der Waals surface area (Å²) in [6, 6.07) is 1.60. The molecule has 1 aliphatic rings. The zero-order valence-corrected chi connectivity index (χ0v) is 13.7. The summed E-state index contributed by atoms with van der Waals surface area (Å²) in [6.07, 6.45) is 0.774. The number of methoxy groups -OCH3 is 2. The Morgan fingerprint density at radius 3 is 2.52 bits per heavy atom. The van der Waals surface area contributed by atoms with Crippen LogP contribution in [0.3, 0.4) is 0 Å². The number of nitrogens with one attached hydrogen (secondary N) is 1. The van der Waals surface area contributed by atoms with Crippen LogP contribution in [0, 0.1) is 0 Å². The van der Waals surface area contributed by atoms with Gasteiger partial charge in [0.15, 0.2) is 0 Å². The van der Waals surface area contributed by atoms with Gasteiger partial charge in [-0.05, 0) is 0 Å². The lowest BCUT2D eigenvalue weighted by atomic mass is 10.2. The second kappa shape index (κ2) is 9.26. The maximum absolute atomic E-state index is 11.9. The monoisotopic (exact) mass is 324 g/mol. The van der Waals surface area contributed by atoms with E-state index < -0.39 is 0 Å². The van der Waals surface area contributed by atoms with E-state index in [1.54, 1.807) is 6.07 Å². The number of hydrogen-bond donors (Lipinski definition) is 1. The van der Waals surface area contributed by atoms with Crippen LogP contribution in [0.2, 0.25) is 0 Å². The highest BCUT2D eigenvalue weighted by atomic mass is 16.5. The minimum atomic E-state index is -0.0105. The van der Waals surface area contributed by atoms with Crippen molar-refractivity contribution in [3.05, 3.63) is 11.9 Å². The van der Waals surface area contributed by atoms with Crippen molar-refractivity contribution in [3.8, 4) is 11.8 Å². The van der Waals surface area contributed by atoms with E-state index in [1.165, 1.54) is 14.2 Å². The summed E-state index contributed by atoms with van der Waals surface area (Å²) < 4.78 is 15.5. The second-order valence-corrected chi connectivity index (χ2v) is 5.17. The number of hydrogen-bond acceptors (Lipinski definition) is 7. The van der Waals surface area contributed by atoms with E-state index >= 15 is 0 Å². The highest BCUT2D eigenvalue weighted by Gasteiger charge is 2.11. The molecule has 1 amide bonds. The molecule has 1 fully saturated rings. The third-order valence-electron chi connectivity index (χ3n) is 3.57. The first-order valence-corrected chi connectivity index (χ1v) is 7.74. The first-order chi connectivity index (χ1) is 11.2. The normalized spacial score (nSPS) is 15.2. The van der Waals surface area contributed by atoms with E-state index in [1.807, 2.05) is 0 Å². The van der Waals surface area contributed by atoms with Crippen molar-refractivity contribution in [2.45, 2.75) is 12.8 Å². The fourth-order valence-corrected chi connectivity index (χ4v) is 2.26. The van der Waals surface area contributed by atoms with Crippen molar-refractivity contribution in [2.75, 3.05) is 53.6 Å². The fraction of sp³-hybridized carbons (Fsp3) is 0.667. The largest absolute Gasteiger partial charge is 0.481 e. The number of carbonyl (C=O) groups excluding carboxylic acids is 1. The van der Waals surface area contributed by atoms with Gasteiger partial charge in [-0.3, -0.25) is 9.69 Å². The zero-order chi connectivity index (χ0) is 16.5. The van der Waals surface area contributed by atoms with Gasteiger partial charge < -0.3 is 19.5 Å². The van der Waals surface area contributed by atoms with Crippen molar-refractivity contribution in [3.63, 3.8) is 0 Å². The van der Waals surface area contributed by atoms with Gasteiger partial charge in [0.05, 0.1) is 33.5 Å². The summed E-state index contributed by atoms with van der Waals surface area (Å²) in [5, 5.41) is 2.92. The van der Waals surface area contributed by atoms with E-state index in [4.69, 9.17) is 14.2 Å². The molecular weight excluding hydrogens is 300 g/mol. The van der Waals surface area contributed by atoms with E-state index in [0.717, 1.165) is 32.8 Å². The SMILES string of the molecule is COc1cc(OC)nc(CCC(=O)NCCN2CCOCC2)n1. The number of nitrogens with zero attached hydrogens (tertiary/aromatic N) is 3. The van der Waals surface area contributed by atoms with Crippen LogP contribution < -0.4 is 14.8 Å². The number of aryl methyl sites for hydroxylation is 1. The molecule has 1 aromatic rings. The molecule has 8 nitrogen and oxygen atoms in total. The Morgan fingerprint density at radius 1 is 1.26 bits per heavy atom. The zero-order valence-electron chi connectivity index (χ0n) is 13.7. The fourth-order valence-electron chi connectivity index (χ4n) is 2.26. The Bertz CT molecular complexity index is 484. The number of ether oxygens (including phenoxy) is 3. The minimum absolute atomic E-state index is 0.0105. The van der Waals surface area contributed by atoms with Gasteiger partial charge in [-0.25, -0.2) is 0 Å². The first kappa shape index (κ1) is 17.4. The van der Waals surface area contributed by atoms with Crippen LogP contribution in [0.1, 0.15) is 12.2 Å². The summed E-state index contributed by atoms with van der Waals surface area (Å²) in [6.45, 7) is 4.87. The maximum Gasteiger partial charge on any atom is 0.220 e. The Balaban J connectivity index is 1.71. The molecule has 0 bridgehead atoms. The maximum atomic E-state index is 11.9. The standard InChI is InChI=1S/C15H24N4O4/c1-21-14-11-15(22-2)18-12(17-14)3-4-13(20)16-5-6-19-7-9-23-10-8-19/h11H,3-10H2,1-2H3,(H,16,20). The lowest BCUT2D eigenvalue weighted by Crippen LogP contribution is -2.41. The minimum Gasteiger partial charge on any atom is -0.481 e. The van der Waals surface area contributed by atoms with Crippen LogP contribution in [-0.4, -0.2) is 74.4 Å². The molecular formula is C15H24N4O4. The van der Waals surface area contributed by atoms with Crippen molar-refractivity contribution < 1.29 is 19.0 Å². The van der Waals surface area contributed by atoms with Crippen molar-refractivity contribution >= 4 is 5.91 Å². The molecule has 0 unspecified atom stereocenters. The molecule has 0 saturated carbocycles. The number of rotatable bonds is 8. The molecule has 0 radical (unpaired) electrons. The Kier molecular flexibility index (Phi) is 7.02. The molecule has 2 rings (SSSR count). The third-order valence-corrected chi connectivity index (χ3v) is 3.57. The molecule has 8 heteroatoms. The molecule has 0 spiro atoms. The molecule has 0 aromatic carbocycles. The molecule has 1 N–H and O–H groups in total. The molecule has 23 heavy (non-hydrogen) atoms. The average molecular weight is 324 g/mol. The van der Waals surface area contributed by atoms with E-state index in [0.29, 0.717) is 37.0 Å². The molecule has 128 valence electrons. The molecule has 1 saturated heterocycles. The van der Waals surface area contributed by atoms with Gasteiger partial charge >= 0.3 is 0 Å². The van der Waals surface area contributed by atoms with Crippen LogP contribution in [0.4, 0.5) is 0 Å². The van der Waals surface area contributed by atoms with E-state index in [9.17, 15) is 4.79 Å². The van der Waals surface area contributed by atoms with Crippen molar-refractivity contribution in [1.29, 1.82) is 0 Å². The number of carbonyl (C=O) groups is 1. The van der Waals surface area contributed by atoms with Crippen LogP contribution in [0.15, 0.2) is 6.07 Å². The van der Waals surface area contributed by atoms with Gasteiger partial charge in [-0.1, -0.05) is 0 Å². The van der Waals surface area contributed by atoms with E-state index in [-0.39, 0.29) is 5.91 Å². The third kappa shape index (κ3) is 5.99. The summed E-state index contributed by atoms with van der Waals surface area (Å²) in [5.74, 6) is 1.38. The van der Waals surface area contributed by atoms with Crippen molar-refractivity contribution in [2.24, 2.45) is 0 Å². The predicted octanol–water partition coefficient (Wildman–Crippen LogP) is -0.125. The second-order valence-electron chi connectivity index (χ2n) is 5.17. The molecule has 2 heterocycles. The van der Waals surface area contributed by atoms with Gasteiger partial charge in [0.2, 0.25) is 17.7 Å². The quantitative estimate of drug-likeness (QED) is 0.713. The molecule has 1 aromatic heterocycles. The average Bonchev–Trinajstić information content (AvgIpc) is 2.60. The first-order valence-electron chi connectivity index (χ1n) is 7.74. The van der Waals surface area contributed by atoms with Gasteiger partial charge in [0.25, 0.3) is 0 Å². The molecule has 0 atom stereocenters. The summed E-state index contributed by atoms with van der Waals surface area (Å²) in [7, 11) is 3.06. The van der Waals surface area contributed by atoms with Gasteiger partial charge in [0.1, 0.15) is 5.82 Å². The Morgan fingerprint density at radius 2 is 1.91 bits per heavy atom. The van der Waals surface area contributed by atoms with Gasteiger partial charge in [-0.15, -0.1) is 0 Å². The van der Waals surface area contributed by atoms with Gasteiger partial charge in [0, 0.05) is 39.0 Å². The highest BCUT2D eigenvalue weighted by molar-refractivity contribution is 5.76. The lowest BCUT2D eigenvalue weighted by molar-refractivity contribution is -0.121. The van der Waals surface area contributed by atoms with Crippen LogP contribution in [0.5, 0.6) is 11.8 Å². The molecule has 0 aliphatic carbocycles. The van der Waals surface area contributed by atoms with Crippen LogP contribution in [-0.2, 0) is 16.0 Å². The van der Waals surface area contributed by atoms with Crippen LogP contribution >= 0.6 is 0 Å². The van der Waals surface area contributed by atoms with Crippen molar-refractivity contribution in [1.82, 2.24) is 20.2 Å². The predicted molar refractivity (Wildman–Crippen MR) is 83.7 cm³/mol. The number of morpholine rings is 1. The Hall–Kier alpha value is -1.93. The topological polar surface area (TPSA) is 85.8 Å². The molecule has 1 aliphatic heterocycles. The lowest BCUT2D eigenvalue weighted by Gasteiger charge is -2.26. The van der Waals surface area contributed by atoms with Gasteiger partial charge in [-0.2, -0.15) is 9.97 Å². The Labute approximate surface area is 136 Å². The van der Waals surface area contributed by atoms with E-state index in [2.05, 4.69) is 20.2 Å². The summed E-state index contributed by atoms with van der Waals surface area (Å²) in [5.41, 5.74) is 0. The smallest absolute Gasteiger partial charge is 0.220 e. The summed E-state index contributed by atoms with van der Waals surface area (Å²) in [4.78, 5) is 22.6. The number of amides is 1. The van der Waals surface area contributed by atoms with Crippen LogP contribution in [0.25, 0.3) is 0 Å².